The van der Waals surface area contributed by atoms with Crippen molar-refractivity contribution in [2.45, 2.75) is 52.1 Å². The quantitative estimate of drug-likeness (QED) is 0.259. The summed E-state index contributed by atoms with van der Waals surface area (Å²) < 4.78 is 16.3. The minimum absolute atomic E-state index is 0. The maximum atomic E-state index is 5.94. The number of aromatic nitrogens is 1. The summed E-state index contributed by atoms with van der Waals surface area (Å²) in [6.07, 6.45) is 3.38. The van der Waals surface area contributed by atoms with Crippen molar-refractivity contribution in [3.05, 3.63) is 17.0 Å². The molecular formula is C19H35IN4O3. The number of hydrogen-bond acceptors (Lipinski definition) is 5. The van der Waals surface area contributed by atoms with Crippen molar-refractivity contribution in [2.24, 2.45) is 4.99 Å². The summed E-state index contributed by atoms with van der Waals surface area (Å²) >= 11 is 0. The number of hydrogen-bond donors (Lipinski definition) is 1. The lowest BCUT2D eigenvalue weighted by Gasteiger charge is -2.34. The number of halogens is 1. The normalized spacial score (nSPS) is 16.9. The molecule has 1 unspecified atom stereocenters. The molecule has 1 fully saturated rings. The number of piperidine rings is 1. The van der Waals surface area contributed by atoms with Gasteiger partial charge in [-0.05, 0) is 33.1 Å². The monoisotopic (exact) mass is 494 g/mol. The number of aryl methyl sites for hydroxylation is 2. The third-order valence-corrected chi connectivity index (χ3v) is 4.95. The van der Waals surface area contributed by atoms with E-state index in [1.54, 1.807) is 7.11 Å². The van der Waals surface area contributed by atoms with Gasteiger partial charge >= 0.3 is 0 Å². The van der Waals surface area contributed by atoms with Gasteiger partial charge in [0.15, 0.2) is 5.96 Å². The SMILES string of the molecule is CN=C(NCC(C)c1c(C)noc1C)N1CCC(OCCCOC)CC1.I. The Labute approximate surface area is 180 Å². The van der Waals surface area contributed by atoms with Gasteiger partial charge in [-0.1, -0.05) is 12.1 Å². The highest BCUT2D eigenvalue weighted by Gasteiger charge is 2.23. The number of guanidine groups is 1. The molecule has 2 rings (SSSR count). The molecule has 1 saturated heterocycles. The van der Waals surface area contributed by atoms with Crippen molar-refractivity contribution in [1.29, 1.82) is 0 Å². The zero-order chi connectivity index (χ0) is 18.9. The Morgan fingerprint density at radius 3 is 2.59 bits per heavy atom. The molecule has 0 aliphatic carbocycles. The molecule has 2 heterocycles. The Hall–Kier alpha value is -0.870. The molecule has 156 valence electrons. The fraction of sp³-hybridized carbons (Fsp3) is 0.789. The highest BCUT2D eigenvalue weighted by molar-refractivity contribution is 14.0. The first-order chi connectivity index (χ1) is 12.6. The predicted octanol–water partition coefficient (Wildman–Crippen LogP) is 3.11. The first-order valence-corrected chi connectivity index (χ1v) is 9.55. The number of nitrogens with one attached hydrogen (secondary N) is 1. The van der Waals surface area contributed by atoms with E-state index >= 15 is 0 Å². The minimum Gasteiger partial charge on any atom is -0.385 e. The largest absolute Gasteiger partial charge is 0.385 e. The number of likely N-dealkylation sites (tertiary alicyclic amines) is 1. The molecule has 1 aliphatic rings. The second kappa shape index (κ2) is 12.6. The molecule has 1 atom stereocenters. The molecule has 1 N–H and O–H groups in total. The van der Waals surface area contributed by atoms with Crippen LogP contribution in [-0.4, -0.2) is 69.1 Å². The van der Waals surface area contributed by atoms with Crippen LogP contribution in [0.5, 0.6) is 0 Å². The lowest BCUT2D eigenvalue weighted by molar-refractivity contribution is 0.00990. The minimum atomic E-state index is 0. The lowest BCUT2D eigenvalue weighted by Crippen LogP contribution is -2.47. The Bertz CT molecular complexity index is 552. The summed E-state index contributed by atoms with van der Waals surface area (Å²) in [7, 11) is 3.57. The van der Waals surface area contributed by atoms with Crippen LogP contribution < -0.4 is 5.32 Å². The van der Waals surface area contributed by atoms with Crippen LogP contribution in [0.15, 0.2) is 9.52 Å². The van der Waals surface area contributed by atoms with Gasteiger partial charge in [-0.15, -0.1) is 24.0 Å². The van der Waals surface area contributed by atoms with Gasteiger partial charge in [0.25, 0.3) is 0 Å². The van der Waals surface area contributed by atoms with Gasteiger partial charge in [0, 0.05) is 58.5 Å². The fourth-order valence-electron chi connectivity index (χ4n) is 3.56. The summed E-state index contributed by atoms with van der Waals surface area (Å²) in [6, 6.07) is 0. The Morgan fingerprint density at radius 2 is 2.04 bits per heavy atom. The van der Waals surface area contributed by atoms with Crippen LogP contribution in [0.4, 0.5) is 0 Å². The van der Waals surface area contributed by atoms with Gasteiger partial charge in [0.05, 0.1) is 11.8 Å². The van der Waals surface area contributed by atoms with Crippen molar-refractivity contribution in [2.75, 3.05) is 47.0 Å². The van der Waals surface area contributed by atoms with E-state index in [9.17, 15) is 0 Å². The number of nitrogens with zero attached hydrogens (tertiary/aromatic N) is 3. The zero-order valence-electron chi connectivity index (χ0n) is 17.3. The average molecular weight is 494 g/mol. The predicted molar refractivity (Wildman–Crippen MR) is 118 cm³/mol. The van der Waals surface area contributed by atoms with Crippen LogP contribution in [0.2, 0.25) is 0 Å². The van der Waals surface area contributed by atoms with E-state index in [-0.39, 0.29) is 24.0 Å². The fourth-order valence-corrected chi connectivity index (χ4v) is 3.56. The number of ether oxygens (including phenoxy) is 2. The maximum Gasteiger partial charge on any atom is 0.193 e. The molecule has 0 amide bonds. The van der Waals surface area contributed by atoms with E-state index in [4.69, 9.17) is 14.0 Å². The third-order valence-electron chi connectivity index (χ3n) is 4.95. The Balaban J connectivity index is 0.00000364. The third kappa shape index (κ3) is 7.23. The maximum absolute atomic E-state index is 5.94. The van der Waals surface area contributed by atoms with Crippen molar-refractivity contribution >= 4 is 29.9 Å². The average Bonchev–Trinajstić information content (AvgIpc) is 2.98. The Kier molecular flexibility index (Phi) is 11.2. The molecule has 1 aromatic heterocycles. The zero-order valence-corrected chi connectivity index (χ0v) is 19.6. The Morgan fingerprint density at radius 1 is 1.33 bits per heavy atom. The van der Waals surface area contributed by atoms with Gasteiger partial charge in [0.2, 0.25) is 0 Å². The summed E-state index contributed by atoms with van der Waals surface area (Å²) in [4.78, 5) is 6.77. The molecule has 7 nitrogen and oxygen atoms in total. The number of aliphatic imine (C=N–C) groups is 1. The summed E-state index contributed by atoms with van der Waals surface area (Å²) in [5.41, 5.74) is 2.16. The van der Waals surface area contributed by atoms with E-state index in [0.29, 0.717) is 12.0 Å². The first kappa shape index (κ1) is 24.2. The van der Waals surface area contributed by atoms with Gasteiger partial charge in [-0.25, -0.2) is 0 Å². The van der Waals surface area contributed by atoms with Crippen molar-refractivity contribution in [3.63, 3.8) is 0 Å². The first-order valence-electron chi connectivity index (χ1n) is 9.55. The van der Waals surface area contributed by atoms with Crippen LogP contribution in [0.25, 0.3) is 0 Å². The highest BCUT2D eigenvalue weighted by atomic mass is 127. The van der Waals surface area contributed by atoms with Crippen LogP contribution >= 0.6 is 24.0 Å². The van der Waals surface area contributed by atoms with Crippen LogP contribution in [0.3, 0.4) is 0 Å². The van der Waals surface area contributed by atoms with Gasteiger partial charge in [-0.3, -0.25) is 4.99 Å². The highest BCUT2D eigenvalue weighted by Crippen LogP contribution is 2.22. The second-order valence-corrected chi connectivity index (χ2v) is 6.97. The van der Waals surface area contributed by atoms with Gasteiger partial charge in [0.1, 0.15) is 5.76 Å². The van der Waals surface area contributed by atoms with E-state index < -0.39 is 0 Å². The molecule has 0 aromatic carbocycles. The molecule has 0 saturated carbocycles. The molecule has 8 heteroatoms. The molecule has 0 spiro atoms. The van der Waals surface area contributed by atoms with Crippen molar-refractivity contribution in [1.82, 2.24) is 15.4 Å². The molecular weight excluding hydrogens is 459 g/mol. The molecule has 0 bridgehead atoms. The smallest absolute Gasteiger partial charge is 0.193 e. The molecule has 27 heavy (non-hydrogen) atoms. The number of methoxy groups -OCH3 is 1. The van der Waals surface area contributed by atoms with E-state index in [1.165, 1.54) is 5.56 Å². The molecule has 1 aliphatic heterocycles. The van der Waals surface area contributed by atoms with E-state index in [2.05, 4.69) is 27.3 Å². The van der Waals surface area contributed by atoms with E-state index in [1.807, 2.05) is 20.9 Å². The molecule has 1 aromatic rings. The topological polar surface area (TPSA) is 72.1 Å². The summed E-state index contributed by atoms with van der Waals surface area (Å²) in [5, 5.41) is 7.56. The van der Waals surface area contributed by atoms with Crippen LogP contribution in [0, 0.1) is 13.8 Å². The van der Waals surface area contributed by atoms with Crippen LogP contribution in [0.1, 0.15) is 49.1 Å². The van der Waals surface area contributed by atoms with Crippen LogP contribution in [-0.2, 0) is 9.47 Å². The summed E-state index contributed by atoms with van der Waals surface area (Å²) in [5.74, 6) is 2.18. The van der Waals surface area contributed by atoms with E-state index in [0.717, 1.165) is 69.5 Å². The summed E-state index contributed by atoms with van der Waals surface area (Å²) in [6.45, 7) is 10.4. The second-order valence-electron chi connectivity index (χ2n) is 6.97. The molecule has 0 radical (unpaired) electrons. The number of rotatable bonds is 8. The lowest BCUT2D eigenvalue weighted by atomic mass is 9.99. The van der Waals surface area contributed by atoms with Crippen molar-refractivity contribution < 1.29 is 14.0 Å². The standard InChI is InChI=1S/C19H34N4O3.HI/c1-14(18-15(2)22-26-16(18)3)13-21-19(20-4)23-9-7-17(8-10-23)25-12-6-11-24-5;/h14,17H,6-13H2,1-5H3,(H,20,21);1H. The van der Waals surface area contributed by atoms with Gasteiger partial charge < -0.3 is 24.2 Å². The van der Waals surface area contributed by atoms with Gasteiger partial charge in [-0.2, -0.15) is 0 Å². The van der Waals surface area contributed by atoms with Crippen molar-refractivity contribution in [3.8, 4) is 0 Å².